The summed E-state index contributed by atoms with van der Waals surface area (Å²) in [7, 11) is -3.32. The molecule has 0 bridgehead atoms. The van der Waals surface area contributed by atoms with Crippen molar-refractivity contribution in [2.45, 2.75) is 35.4 Å². The average molecular weight is 295 g/mol. The molecule has 1 aromatic rings. The predicted molar refractivity (Wildman–Crippen MR) is 73.1 cm³/mol. The lowest BCUT2D eigenvalue weighted by Crippen LogP contribution is -2.25. The fourth-order valence-corrected chi connectivity index (χ4v) is 4.76. The van der Waals surface area contributed by atoms with Gasteiger partial charge in [0.05, 0.1) is 16.1 Å². The molecule has 3 rings (SSSR count). The number of rotatable bonds is 4. The molecule has 2 fully saturated rings. The van der Waals surface area contributed by atoms with E-state index >= 15 is 0 Å². The van der Waals surface area contributed by atoms with Gasteiger partial charge in [0.25, 0.3) is 0 Å². The molecule has 2 atom stereocenters. The van der Waals surface area contributed by atoms with Crippen LogP contribution in [0.4, 0.5) is 0 Å². The molecule has 0 spiro atoms. The summed E-state index contributed by atoms with van der Waals surface area (Å²) < 4.78 is 24.9. The second-order valence-corrected chi connectivity index (χ2v) is 7.64. The number of benzene rings is 1. The number of nitrogens with one attached hydrogen (secondary N) is 1. The van der Waals surface area contributed by atoms with Crippen LogP contribution in [-0.4, -0.2) is 31.3 Å². The zero-order valence-corrected chi connectivity index (χ0v) is 11.8. The third-order valence-corrected chi connectivity index (χ3v) is 6.40. The van der Waals surface area contributed by atoms with E-state index in [-0.39, 0.29) is 5.25 Å². The number of carbonyl (C=O) groups is 1. The van der Waals surface area contributed by atoms with Gasteiger partial charge in [-0.15, -0.1) is 0 Å². The summed E-state index contributed by atoms with van der Waals surface area (Å²) >= 11 is 0. The van der Waals surface area contributed by atoms with Crippen LogP contribution < -0.4 is 5.32 Å². The van der Waals surface area contributed by atoms with E-state index < -0.39 is 27.8 Å². The smallest absolute Gasteiger partial charge is 0.308 e. The first kappa shape index (κ1) is 13.6. The Labute approximate surface area is 117 Å². The fourth-order valence-electron chi connectivity index (χ4n) is 2.85. The molecule has 2 N–H and O–H groups in total. The van der Waals surface area contributed by atoms with E-state index in [9.17, 15) is 18.3 Å². The molecule has 1 saturated carbocycles. The minimum atomic E-state index is -3.32. The van der Waals surface area contributed by atoms with Crippen molar-refractivity contribution in [3.05, 3.63) is 29.8 Å². The summed E-state index contributed by atoms with van der Waals surface area (Å²) in [5.74, 6) is -1.44. The maximum Gasteiger partial charge on any atom is 0.308 e. The van der Waals surface area contributed by atoms with Crippen LogP contribution in [0.1, 0.15) is 30.9 Å². The largest absolute Gasteiger partial charge is 0.481 e. The SMILES string of the molecule is O=C(O)C1CCNC1c1ccccc1S(=O)(=O)C1CC1. The molecule has 5 nitrogen and oxygen atoms in total. The number of sulfone groups is 1. The Balaban J connectivity index is 2.04. The summed E-state index contributed by atoms with van der Waals surface area (Å²) in [4.78, 5) is 11.6. The van der Waals surface area contributed by atoms with Gasteiger partial charge >= 0.3 is 5.97 Å². The zero-order valence-electron chi connectivity index (χ0n) is 11.0. The van der Waals surface area contributed by atoms with E-state index in [1.165, 1.54) is 0 Å². The molecule has 20 heavy (non-hydrogen) atoms. The number of aliphatic carboxylic acids is 1. The van der Waals surface area contributed by atoms with Crippen LogP contribution in [0.2, 0.25) is 0 Å². The van der Waals surface area contributed by atoms with Gasteiger partial charge < -0.3 is 10.4 Å². The van der Waals surface area contributed by atoms with Crippen LogP contribution in [0, 0.1) is 5.92 Å². The summed E-state index contributed by atoms with van der Waals surface area (Å²) in [6, 6.07) is 6.37. The van der Waals surface area contributed by atoms with Gasteiger partial charge in [0.15, 0.2) is 9.84 Å². The Kier molecular flexibility index (Phi) is 3.30. The van der Waals surface area contributed by atoms with Gasteiger partial charge in [-0.05, 0) is 37.4 Å². The third-order valence-electron chi connectivity index (χ3n) is 4.06. The Morgan fingerprint density at radius 2 is 1.90 bits per heavy atom. The molecule has 1 aromatic carbocycles. The normalized spacial score (nSPS) is 26.6. The molecule has 108 valence electrons. The van der Waals surface area contributed by atoms with Crippen LogP contribution in [0.15, 0.2) is 29.2 Å². The standard InChI is InChI=1S/C14H17NO4S/c16-14(17)11-7-8-15-13(11)10-3-1-2-4-12(10)20(18,19)9-5-6-9/h1-4,9,11,13,15H,5-8H2,(H,16,17). The third kappa shape index (κ3) is 2.23. The maximum absolute atomic E-state index is 12.5. The number of carboxylic acids is 1. The maximum atomic E-state index is 12.5. The number of hydrogen-bond acceptors (Lipinski definition) is 4. The van der Waals surface area contributed by atoms with Crippen LogP contribution >= 0.6 is 0 Å². The monoisotopic (exact) mass is 295 g/mol. The Morgan fingerprint density at radius 3 is 2.55 bits per heavy atom. The first-order chi connectivity index (χ1) is 9.51. The second kappa shape index (κ2) is 4.86. The highest BCUT2D eigenvalue weighted by molar-refractivity contribution is 7.92. The molecule has 6 heteroatoms. The van der Waals surface area contributed by atoms with Gasteiger partial charge in [-0.3, -0.25) is 4.79 Å². The first-order valence-electron chi connectivity index (χ1n) is 6.81. The van der Waals surface area contributed by atoms with Gasteiger partial charge in [0.2, 0.25) is 0 Å². The lowest BCUT2D eigenvalue weighted by Gasteiger charge is -2.19. The van der Waals surface area contributed by atoms with E-state index in [4.69, 9.17) is 0 Å². The van der Waals surface area contributed by atoms with Gasteiger partial charge in [0.1, 0.15) is 0 Å². The van der Waals surface area contributed by atoms with Crippen molar-refractivity contribution in [2.75, 3.05) is 6.54 Å². The summed E-state index contributed by atoms with van der Waals surface area (Å²) in [5, 5.41) is 12.1. The quantitative estimate of drug-likeness (QED) is 0.876. The predicted octanol–water partition coefficient (Wildman–Crippen LogP) is 1.36. The molecule has 1 aliphatic heterocycles. The van der Waals surface area contributed by atoms with Crippen LogP contribution in [0.5, 0.6) is 0 Å². The molecule has 1 aliphatic carbocycles. The summed E-state index contributed by atoms with van der Waals surface area (Å²) in [5.41, 5.74) is 0.601. The zero-order chi connectivity index (χ0) is 14.3. The van der Waals surface area contributed by atoms with E-state index in [0.717, 1.165) is 0 Å². The second-order valence-electron chi connectivity index (χ2n) is 5.45. The van der Waals surface area contributed by atoms with Gasteiger partial charge in [-0.1, -0.05) is 18.2 Å². The van der Waals surface area contributed by atoms with E-state index in [0.29, 0.717) is 36.3 Å². The van der Waals surface area contributed by atoms with Crippen molar-refractivity contribution in [1.82, 2.24) is 5.32 Å². The molecular formula is C14H17NO4S. The van der Waals surface area contributed by atoms with Gasteiger partial charge in [-0.25, -0.2) is 8.42 Å². The van der Waals surface area contributed by atoms with Crippen molar-refractivity contribution < 1.29 is 18.3 Å². The highest BCUT2D eigenvalue weighted by atomic mass is 32.2. The molecule has 2 unspecified atom stereocenters. The van der Waals surface area contributed by atoms with E-state index in [1.807, 2.05) is 0 Å². The van der Waals surface area contributed by atoms with E-state index in [1.54, 1.807) is 24.3 Å². The highest BCUT2D eigenvalue weighted by Crippen LogP contribution is 2.39. The van der Waals surface area contributed by atoms with Gasteiger partial charge in [0, 0.05) is 6.04 Å². The lowest BCUT2D eigenvalue weighted by molar-refractivity contribution is -0.142. The molecule has 0 radical (unpaired) electrons. The van der Waals surface area contributed by atoms with Crippen molar-refractivity contribution >= 4 is 15.8 Å². The molecular weight excluding hydrogens is 278 g/mol. The van der Waals surface area contributed by atoms with Crippen molar-refractivity contribution in [3.63, 3.8) is 0 Å². The Bertz CT molecular complexity index is 636. The molecule has 2 aliphatic rings. The van der Waals surface area contributed by atoms with Crippen molar-refractivity contribution in [1.29, 1.82) is 0 Å². The van der Waals surface area contributed by atoms with Gasteiger partial charge in [-0.2, -0.15) is 0 Å². The number of hydrogen-bond donors (Lipinski definition) is 2. The molecule has 0 amide bonds. The van der Waals surface area contributed by atoms with Crippen LogP contribution in [0.25, 0.3) is 0 Å². The van der Waals surface area contributed by atoms with E-state index in [2.05, 4.69) is 5.32 Å². The molecule has 1 saturated heterocycles. The minimum Gasteiger partial charge on any atom is -0.481 e. The van der Waals surface area contributed by atoms with Crippen molar-refractivity contribution in [3.8, 4) is 0 Å². The van der Waals surface area contributed by atoms with Crippen LogP contribution in [-0.2, 0) is 14.6 Å². The molecule has 0 aromatic heterocycles. The highest BCUT2D eigenvalue weighted by Gasteiger charge is 2.41. The molecule has 1 heterocycles. The topological polar surface area (TPSA) is 83.5 Å². The lowest BCUT2D eigenvalue weighted by atomic mass is 9.94. The summed E-state index contributed by atoms with van der Waals surface area (Å²) in [6.45, 7) is 0.597. The van der Waals surface area contributed by atoms with Crippen LogP contribution in [0.3, 0.4) is 0 Å². The first-order valence-corrected chi connectivity index (χ1v) is 8.35. The summed E-state index contributed by atoms with van der Waals surface area (Å²) in [6.07, 6.45) is 1.94. The minimum absolute atomic E-state index is 0.284. The Hall–Kier alpha value is -1.40. The number of carboxylic acid groups (broad SMARTS) is 1. The van der Waals surface area contributed by atoms with Crippen molar-refractivity contribution in [2.24, 2.45) is 5.92 Å². The average Bonchev–Trinajstić information content (AvgIpc) is 3.17. The Morgan fingerprint density at radius 1 is 1.20 bits per heavy atom. The fraction of sp³-hybridized carbons (Fsp3) is 0.500.